The second-order valence-corrected chi connectivity index (χ2v) is 7.90. The number of para-hydroxylation sites is 2. The van der Waals surface area contributed by atoms with Crippen molar-refractivity contribution in [3.8, 4) is 0 Å². The number of nitro benzene ring substituents is 1. The van der Waals surface area contributed by atoms with Crippen molar-refractivity contribution < 1.29 is 19.3 Å². The van der Waals surface area contributed by atoms with Gasteiger partial charge in [-0.05, 0) is 36.4 Å². The number of carbonyl (C=O) groups is 2. The van der Waals surface area contributed by atoms with E-state index < -0.39 is 34.8 Å². The van der Waals surface area contributed by atoms with Gasteiger partial charge in [0, 0.05) is 11.1 Å². The molecule has 2 saturated heterocycles. The maximum atomic E-state index is 13.5. The van der Waals surface area contributed by atoms with Gasteiger partial charge >= 0.3 is 0 Å². The molecule has 2 aliphatic rings. The Bertz CT molecular complexity index is 1240. The Labute approximate surface area is 187 Å². The van der Waals surface area contributed by atoms with Gasteiger partial charge in [0.15, 0.2) is 6.10 Å². The van der Waals surface area contributed by atoms with Gasteiger partial charge in [0.2, 0.25) is 5.91 Å². The molecule has 3 aromatic rings. The molecule has 2 aliphatic heterocycles. The Morgan fingerprint density at radius 2 is 1.56 bits per heavy atom. The topological polar surface area (TPSA) is 93.0 Å². The number of nitrogens with zero attached hydrogens (tertiary/aromatic N) is 3. The van der Waals surface area contributed by atoms with Gasteiger partial charge < -0.3 is 0 Å². The van der Waals surface area contributed by atoms with Gasteiger partial charge in [-0.1, -0.05) is 48.0 Å². The zero-order valence-corrected chi connectivity index (χ0v) is 17.3. The number of hydrogen-bond acceptors (Lipinski definition) is 6. The van der Waals surface area contributed by atoms with E-state index in [-0.39, 0.29) is 5.69 Å². The summed E-state index contributed by atoms with van der Waals surface area (Å²) in [7, 11) is 0. The third-order valence-electron chi connectivity index (χ3n) is 5.64. The molecule has 0 unspecified atom stereocenters. The standard InChI is InChI=1S/C23H16ClN3O5/c24-14-7-6-10-16(13-14)25-22(28)19-20(17-11-4-5-12-18(17)27(30)31)26(32-21(19)23(25)29)15-8-2-1-3-9-15/h1-13,19-21H/t19-,20+,21+/m1/s1. The molecule has 2 fully saturated rings. The highest BCUT2D eigenvalue weighted by molar-refractivity contribution is 6.31. The van der Waals surface area contributed by atoms with E-state index in [0.29, 0.717) is 22.0 Å². The molecule has 0 aliphatic carbocycles. The summed E-state index contributed by atoms with van der Waals surface area (Å²) in [6, 6.07) is 20.6. The van der Waals surface area contributed by atoms with E-state index in [1.165, 1.54) is 17.2 Å². The average molecular weight is 450 g/mol. The molecule has 3 atom stereocenters. The summed E-state index contributed by atoms with van der Waals surface area (Å²) in [5.74, 6) is -2.00. The van der Waals surface area contributed by atoms with E-state index >= 15 is 0 Å². The molecule has 5 rings (SSSR count). The monoisotopic (exact) mass is 449 g/mol. The first-order valence-corrected chi connectivity index (χ1v) is 10.2. The summed E-state index contributed by atoms with van der Waals surface area (Å²) in [6.07, 6.45) is -1.12. The zero-order valence-electron chi connectivity index (χ0n) is 16.5. The second-order valence-electron chi connectivity index (χ2n) is 7.47. The van der Waals surface area contributed by atoms with E-state index in [1.807, 2.05) is 6.07 Å². The second kappa shape index (κ2) is 7.74. The maximum Gasteiger partial charge on any atom is 0.274 e. The minimum absolute atomic E-state index is 0.149. The molecule has 0 N–H and O–H groups in total. The fourth-order valence-corrected chi connectivity index (χ4v) is 4.49. The van der Waals surface area contributed by atoms with Crippen LogP contribution in [0, 0.1) is 16.0 Å². The number of fused-ring (bicyclic) bond motifs is 1. The van der Waals surface area contributed by atoms with Crippen molar-refractivity contribution in [2.75, 3.05) is 9.96 Å². The summed E-state index contributed by atoms with van der Waals surface area (Å²) in [4.78, 5) is 45.1. The number of halogens is 1. The Balaban J connectivity index is 1.64. The molecular formula is C23H16ClN3O5. The fraction of sp³-hybridized carbons (Fsp3) is 0.130. The highest BCUT2D eigenvalue weighted by Gasteiger charge is 2.61. The summed E-state index contributed by atoms with van der Waals surface area (Å²) in [6.45, 7) is 0. The number of anilines is 2. The molecule has 0 saturated carbocycles. The largest absolute Gasteiger partial charge is 0.274 e. The minimum atomic E-state index is -1.12. The van der Waals surface area contributed by atoms with Crippen molar-refractivity contribution in [3.05, 3.63) is 99.6 Å². The molecule has 3 aromatic carbocycles. The molecule has 2 amide bonds. The first kappa shape index (κ1) is 20.2. The highest BCUT2D eigenvalue weighted by Crippen LogP contribution is 2.49. The number of amides is 2. The molecule has 2 heterocycles. The number of rotatable bonds is 4. The molecule has 0 bridgehead atoms. The lowest BCUT2D eigenvalue weighted by molar-refractivity contribution is -0.385. The number of imide groups is 1. The predicted molar refractivity (Wildman–Crippen MR) is 117 cm³/mol. The van der Waals surface area contributed by atoms with Crippen LogP contribution in [0.2, 0.25) is 5.02 Å². The number of carbonyl (C=O) groups excluding carboxylic acids is 2. The smallest absolute Gasteiger partial charge is 0.273 e. The normalized spacial score (nSPS) is 22.3. The number of hydrogen-bond donors (Lipinski definition) is 0. The molecule has 0 radical (unpaired) electrons. The van der Waals surface area contributed by atoms with Crippen LogP contribution in [-0.4, -0.2) is 22.8 Å². The maximum absolute atomic E-state index is 13.5. The van der Waals surface area contributed by atoms with E-state index in [0.717, 1.165) is 4.90 Å². The zero-order chi connectivity index (χ0) is 22.4. The van der Waals surface area contributed by atoms with Gasteiger partial charge in [0.1, 0.15) is 12.0 Å². The Kier molecular flexibility index (Phi) is 4.88. The fourth-order valence-electron chi connectivity index (χ4n) is 4.30. The van der Waals surface area contributed by atoms with E-state index in [4.69, 9.17) is 16.4 Å². The third kappa shape index (κ3) is 3.12. The Morgan fingerprint density at radius 1 is 0.875 bits per heavy atom. The van der Waals surface area contributed by atoms with Crippen LogP contribution in [0.1, 0.15) is 11.6 Å². The van der Waals surface area contributed by atoms with Crippen molar-refractivity contribution in [1.82, 2.24) is 0 Å². The van der Waals surface area contributed by atoms with Gasteiger partial charge in [-0.2, -0.15) is 0 Å². The van der Waals surface area contributed by atoms with Crippen molar-refractivity contribution >= 4 is 40.5 Å². The number of hydroxylamine groups is 1. The van der Waals surface area contributed by atoms with Gasteiger partial charge in [0.25, 0.3) is 11.6 Å². The molecule has 9 heteroatoms. The van der Waals surface area contributed by atoms with Crippen LogP contribution >= 0.6 is 11.6 Å². The van der Waals surface area contributed by atoms with E-state index in [1.54, 1.807) is 60.7 Å². The van der Waals surface area contributed by atoms with Crippen molar-refractivity contribution in [2.24, 2.45) is 5.92 Å². The number of nitro groups is 1. The van der Waals surface area contributed by atoms with Crippen LogP contribution in [-0.2, 0) is 14.4 Å². The molecule has 32 heavy (non-hydrogen) atoms. The average Bonchev–Trinajstić information content (AvgIpc) is 3.30. The van der Waals surface area contributed by atoms with Gasteiger partial charge in [-0.25, -0.2) is 9.96 Å². The van der Waals surface area contributed by atoms with Crippen LogP contribution in [0.15, 0.2) is 78.9 Å². The Hall–Kier alpha value is -3.75. The lowest BCUT2D eigenvalue weighted by atomic mass is 9.89. The molecular weight excluding hydrogens is 434 g/mol. The van der Waals surface area contributed by atoms with Crippen molar-refractivity contribution in [3.63, 3.8) is 0 Å². The van der Waals surface area contributed by atoms with E-state index in [2.05, 4.69) is 0 Å². The number of benzene rings is 3. The van der Waals surface area contributed by atoms with Crippen LogP contribution in [0.3, 0.4) is 0 Å². The first-order chi connectivity index (χ1) is 15.5. The summed E-state index contributed by atoms with van der Waals surface area (Å²) >= 11 is 6.06. The highest BCUT2D eigenvalue weighted by atomic mass is 35.5. The quantitative estimate of drug-likeness (QED) is 0.335. The molecule has 0 spiro atoms. The minimum Gasteiger partial charge on any atom is -0.273 e. The summed E-state index contributed by atoms with van der Waals surface area (Å²) < 4.78 is 0. The van der Waals surface area contributed by atoms with Gasteiger partial charge in [-0.15, -0.1) is 0 Å². The van der Waals surface area contributed by atoms with Crippen molar-refractivity contribution in [1.29, 1.82) is 0 Å². The van der Waals surface area contributed by atoms with Crippen LogP contribution in [0.4, 0.5) is 17.1 Å². The SMILES string of the molecule is O=C1[C@H]2[C@H](ON(c3ccccc3)[C@H]2c2ccccc2[N+](=O)[O-])C(=O)N1c1cccc(Cl)c1. The van der Waals surface area contributed by atoms with Crippen molar-refractivity contribution in [2.45, 2.75) is 12.1 Å². The van der Waals surface area contributed by atoms with E-state index in [9.17, 15) is 19.7 Å². The lowest BCUT2D eigenvalue weighted by Gasteiger charge is -2.28. The molecule has 160 valence electrons. The van der Waals surface area contributed by atoms with Crippen LogP contribution in [0.5, 0.6) is 0 Å². The van der Waals surface area contributed by atoms with Crippen LogP contribution in [0.25, 0.3) is 0 Å². The summed E-state index contributed by atoms with van der Waals surface area (Å²) in [5.41, 5.74) is 1.06. The first-order valence-electron chi connectivity index (χ1n) is 9.85. The lowest BCUT2D eigenvalue weighted by Crippen LogP contribution is -2.37. The van der Waals surface area contributed by atoms with Gasteiger partial charge in [0.05, 0.1) is 21.9 Å². The van der Waals surface area contributed by atoms with Gasteiger partial charge in [-0.3, -0.25) is 24.5 Å². The summed E-state index contributed by atoms with van der Waals surface area (Å²) in [5, 5.41) is 13.6. The molecule has 0 aromatic heterocycles. The Morgan fingerprint density at radius 3 is 2.28 bits per heavy atom. The van der Waals surface area contributed by atoms with Crippen LogP contribution < -0.4 is 9.96 Å². The molecule has 8 nitrogen and oxygen atoms in total. The predicted octanol–water partition coefficient (Wildman–Crippen LogP) is 4.30. The third-order valence-corrected chi connectivity index (χ3v) is 5.88.